The molecule has 0 aromatic heterocycles. The summed E-state index contributed by atoms with van der Waals surface area (Å²) in [6.45, 7) is 2.11. The predicted molar refractivity (Wildman–Crippen MR) is 80.0 cm³/mol. The number of nitrogens with one attached hydrogen (secondary N) is 1. The van der Waals surface area contributed by atoms with Crippen molar-refractivity contribution in [3.63, 3.8) is 0 Å². The fourth-order valence-corrected chi connectivity index (χ4v) is 3.24. The van der Waals surface area contributed by atoms with Gasteiger partial charge in [0.15, 0.2) is 0 Å². The van der Waals surface area contributed by atoms with Gasteiger partial charge in [0.05, 0.1) is 6.04 Å². The van der Waals surface area contributed by atoms with E-state index in [2.05, 4.69) is 70.6 Å². The molecule has 0 amide bonds. The van der Waals surface area contributed by atoms with Crippen LogP contribution in [0.1, 0.15) is 29.2 Å². The van der Waals surface area contributed by atoms with E-state index in [-0.39, 0.29) is 0 Å². The Morgan fingerprint density at radius 3 is 2.83 bits per heavy atom. The standard InChI is InChI=1S/C16H16BrN/c1-11-6-8-16(14(17)10-11)18-15-9-7-12-4-2-3-5-13(12)15/h2-6,8,10,15,18H,7,9H2,1H3. The molecule has 0 saturated heterocycles. The van der Waals surface area contributed by atoms with Crippen LogP contribution >= 0.6 is 15.9 Å². The molecule has 0 heterocycles. The quantitative estimate of drug-likeness (QED) is 0.835. The lowest BCUT2D eigenvalue weighted by Gasteiger charge is -2.17. The molecule has 0 fully saturated rings. The second-order valence-electron chi connectivity index (χ2n) is 4.92. The fraction of sp³-hybridized carbons (Fsp3) is 0.250. The smallest absolute Gasteiger partial charge is 0.0520 e. The first-order valence-electron chi connectivity index (χ1n) is 6.34. The summed E-state index contributed by atoms with van der Waals surface area (Å²) in [4.78, 5) is 0. The zero-order valence-electron chi connectivity index (χ0n) is 10.4. The summed E-state index contributed by atoms with van der Waals surface area (Å²) in [6, 6.07) is 15.6. The maximum absolute atomic E-state index is 3.65. The van der Waals surface area contributed by atoms with E-state index in [1.807, 2.05) is 0 Å². The maximum atomic E-state index is 3.65. The van der Waals surface area contributed by atoms with Crippen molar-refractivity contribution in [3.8, 4) is 0 Å². The van der Waals surface area contributed by atoms with Gasteiger partial charge in [0.25, 0.3) is 0 Å². The minimum Gasteiger partial charge on any atom is -0.377 e. The summed E-state index contributed by atoms with van der Waals surface area (Å²) in [5.41, 5.74) is 5.39. The summed E-state index contributed by atoms with van der Waals surface area (Å²) in [5.74, 6) is 0. The number of anilines is 1. The van der Waals surface area contributed by atoms with Crippen LogP contribution in [0.3, 0.4) is 0 Å². The van der Waals surface area contributed by atoms with Crippen molar-refractivity contribution in [3.05, 3.63) is 63.6 Å². The molecule has 2 aromatic rings. The Kier molecular flexibility index (Phi) is 3.13. The first kappa shape index (κ1) is 11.8. The average Bonchev–Trinajstić information content (AvgIpc) is 2.76. The summed E-state index contributed by atoms with van der Waals surface area (Å²) >= 11 is 3.63. The molecule has 0 bridgehead atoms. The van der Waals surface area contributed by atoms with Crippen LogP contribution in [0, 0.1) is 6.92 Å². The Hall–Kier alpha value is -1.28. The second-order valence-corrected chi connectivity index (χ2v) is 5.77. The zero-order chi connectivity index (χ0) is 12.5. The number of benzene rings is 2. The lowest BCUT2D eigenvalue weighted by atomic mass is 10.1. The third kappa shape index (κ3) is 2.17. The largest absolute Gasteiger partial charge is 0.377 e. The molecule has 1 N–H and O–H groups in total. The Bertz CT molecular complexity index is 577. The van der Waals surface area contributed by atoms with Crippen molar-refractivity contribution in [1.82, 2.24) is 0 Å². The number of aryl methyl sites for hydroxylation is 2. The lowest BCUT2D eigenvalue weighted by Crippen LogP contribution is -2.07. The van der Waals surface area contributed by atoms with Crippen molar-refractivity contribution in [1.29, 1.82) is 0 Å². The summed E-state index contributed by atoms with van der Waals surface area (Å²) in [7, 11) is 0. The molecule has 1 nitrogen and oxygen atoms in total. The van der Waals surface area contributed by atoms with Gasteiger partial charge in [-0.15, -0.1) is 0 Å². The Morgan fingerprint density at radius 2 is 2.00 bits per heavy atom. The molecule has 3 rings (SSSR count). The highest BCUT2D eigenvalue weighted by atomic mass is 79.9. The minimum absolute atomic E-state index is 0.445. The SMILES string of the molecule is Cc1ccc(NC2CCc3ccccc32)c(Br)c1. The van der Waals surface area contributed by atoms with E-state index in [1.165, 1.54) is 35.2 Å². The van der Waals surface area contributed by atoms with Crippen LogP contribution in [-0.4, -0.2) is 0 Å². The van der Waals surface area contributed by atoms with Crippen molar-refractivity contribution in [2.24, 2.45) is 0 Å². The van der Waals surface area contributed by atoms with Gasteiger partial charge in [-0.05, 0) is 64.5 Å². The Labute approximate surface area is 116 Å². The predicted octanol–water partition coefficient (Wildman–Crippen LogP) is 4.86. The van der Waals surface area contributed by atoms with Gasteiger partial charge in [-0.2, -0.15) is 0 Å². The van der Waals surface area contributed by atoms with Crippen LogP contribution in [0.5, 0.6) is 0 Å². The molecule has 0 aliphatic heterocycles. The Balaban J connectivity index is 1.86. The average molecular weight is 302 g/mol. The van der Waals surface area contributed by atoms with E-state index < -0.39 is 0 Å². The van der Waals surface area contributed by atoms with E-state index in [0.717, 1.165) is 4.47 Å². The number of rotatable bonds is 2. The van der Waals surface area contributed by atoms with Crippen LogP contribution in [0.15, 0.2) is 46.9 Å². The third-order valence-corrected chi connectivity index (χ3v) is 4.24. The fourth-order valence-electron chi connectivity index (χ4n) is 2.63. The molecule has 2 heteroatoms. The molecule has 92 valence electrons. The van der Waals surface area contributed by atoms with Crippen LogP contribution in [0.25, 0.3) is 0 Å². The topological polar surface area (TPSA) is 12.0 Å². The van der Waals surface area contributed by atoms with Gasteiger partial charge in [-0.3, -0.25) is 0 Å². The van der Waals surface area contributed by atoms with Crippen molar-refractivity contribution >= 4 is 21.6 Å². The van der Waals surface area contributed by atoms with E-state index in [9.17, 15) is 0 Å². The number of fused-ring (bicyclic) bond motifs is 1. The highest BCUT2D eigenvalue weighted by Crippen LogP contribution is 2.35. The third-order valence-electron chi connectivity index (χ3n) is 3.59. The van der Waals surface area contributed by atoms with Gasteiger partial charge in [-0.1, -0.05) is 30.3 Å². The molecule has 1 unspecified atom stereocenters. The molecule has 0 spiro atoms. The molecular weight excluding hydrogens is 286 g/mol. The van der Waals surface area contributed by atoms with Crippen LogP contribution in [0.4, 0.5) is 5.69 Å². The van der Waals surface area contributed by atoms with Gasteiger partial charge < -0.3 is 5.32 Å². The van der Waals surface area contributed by atoms with Gasteiger partial charge in [-0.25, -0.2) is 0 Å². The van der Waals surface area contributed by atoms with Crippen LogP contribution in [0.2, 0.25) is 0 Å². The van der Waals surface area contributed by atoms with Gasteiger partial charge in [0.2, 0.25) is 0 Å². The zero-order valence-corrected chi connectivity index (χ0v) is 12.0. The van der Waals surface area contributed by atoms with Crippen molar-refractivity contribution < 1.29 is 0 Å². The van der Waals surface area contributed by atoms with Gasteiger partial charge in [0.1, 0.15) is 0 Å². The second kappa shape index (κ2) is 4.77. The summed E-state index contributed by atoms with van der Waals surface area (Å²) in [5, 5.41) is 3.65. The molecule has 18 heavy (non-hydrogen) atoms. The number of hydrogen-bond donors (Lipinski definition) is 1. The van der Waals surface area contributed by atoms with Crippen molar-refractivity contribution in [2.75, 3.05) is 5.32 Å². The summed E-state index contributed by atoms with van der Waals surface area (Å²) in [6.07, 6.45) is 2.36. The van der Waals surface area contributed by atoms with Gasteiger partial charge in [0, 0.05) is 10.2 Å². The Morgan fingerprint density at radius 1 is 1.17 bits per heavy atom. The van der Waals surface area contributed by atoms with Crippen LogP contribution in [-0.2, 0) is 6.42 Å². The summed E-state index contributed by atoms with van der Waals surface area (Å²) < 4.78 is 1.15. The first-order valence-corrected chi connectivity index (χ1v) is 7.14. The molecular formula is C16H16BrN. The normalized spacial score (nSPS) is 17.6. The van der Waals surface area contributed by atoms with E-state index in [0.29, 0.717) is 6.04 Å². The van der Waals surface area contributed by atoms with E-state index >= 15 is 0 Å². The molecule has 1 aliphatic carbocycles. The maximum Gasteiger partial charge on any atom is 0.0520 e. The van der Waals surface area contributed by atoms with Gasteiger partial charge >= 0.3 is 0 Å². The lowest BCUT2D eigenvalue weighted by molar-refractivity contribution is 0.761. The van der Waals surface area contributed by atoms with Crippen molar-refractivity contribution in [2.45, 2.75) is 25.8 Å². The molecule has 0 saturated carbocycles. The molecule has 2 aromatic carbocycles. The molecule has 1 atom stereocenters. The van der Waals surface area contributed by atoms with E-state index in [4.69, 9.17) is 0 Å². The number of halogens is 1. The number of hydrogen-bond acceptors (Lipinski definition) is 1. The highest BCUT2D eigenvalue weighted by Gasteiger charge is 2.21. The highest BCUT2D eigenvalue weighted by molar-refractivity contribution is 9.10. The molecule has 0 radical (unpaired) electrons. The minimum atomic E-state index is 0.445. The van der Waals surface area contributed by atoms with Crippen LogP contribution < -0.4 is 5.32 Å². The molecule has 1 aliphatic rings. The monoisotopic (exact) mass is 301 g/mol. The first-order chi connectivity index (χ1) is 8.74. The van der Waals surface area contributed by atoms with E-state index in [1.54, 1.807) is 0 Å².